The van der Waals surface area contributed by atoms with Gasteiger partial charge in [-0.25, -0.2) is 9.79 Å². The molecule has 148 valence electrons. The van der Waals surface area contributed by atoms with Gasteiger partial charge in [-0.3, -0.25) is 9.36 Å². The quantitative estimate of drug-likeness (QED) is 0.554. The molecule has 1 atom stereocenters. The maximum atomic E-state index is 13.3. The fourth-order valence-electron chi connectivity index (χ4n) is 3.16. The van der Waals surface area contributed by atoms with Gasteiger partial charge in [0.25, 0.3) is 5.56 Å². The van der Waals surface area contributed by atoms with Crippen molar-refractivity contribution in [3.8, 4) is 0 Å². The molecule has 0 amide bonds. The zero-order chi connectivity index (χ0) is 20.7. The summed E-state index contributed by atoms with van der Waals surface area (Å²) in [4.78, 5) is 31.7. The number of esters is 1. The highest BCUT2D eigenvalue weighted by molar-refractivity contribution is 7.10. The van der Waals surface area contributed by atoms with Crippen molar-refractivity contribution < 1.29 is 9.53 Å². The van der Waals surface area contributed by atoms with E-state index < -0.39 is 12.0 Å². The predicted octanol–water partition coefficient (Wildman–Crippen LogP) is 3.78. The average molecular weight is 465 g/mol. The summed E-state index contributed by atoms with van der Waals surface area (Å²) in [6.45, 7) is 1.75. The van der Waals surface area contributed by atoms with Gasteiger partial charge >= 0.3 is 5.97 Å². The Hall–Kier alpha value is -2.19. The minimum Gasteiger partial charge on any atom is -0.466 e. The van der Waals surface area contributed by atoms with Gasteiger partial charge in [-0.2, -0.15) is 0 Å². The third-order valence-corrected chi connectivity index (χ3v) is 7.13. The molecule has 0 aliphatic carbocycles. The molecule has 0 saturated heterocycles. The third kappa shape index (κ3) is 3.59. The maximum Gasteiger partial charge on any atom is 0.338 e. The summed E-state index contributed by atoms with van der Waals surface area (Å²) in [5.74, 6) is -0.497. The topological polar surface area (TPSA) is 60.7 Å². The lowest BCUT2D eigenvalue weighted by Gasteiger charge is -2.22. The van der Waals surface area contributed by atoms with Crippen molar-refractivity contribution in [1.29, 1.82) is 0 Å². The highest BCUT2D eigenvalue weighted by atomic mass is 35.5. The smallest absolute Gasteiger partial charge is 0.338 e. The molecule has 0 unspecified atom stereocenters. The summed E-state index contributed by atoms with van der Waals surface area (Å²) in [5, 5.41) is 2.76. The van der Waals surface area contributed by atoms with Crippen molar-refractivity contribution in [1.82, 2.24) is 4.57 Å². The van der Waals surface area contributed by atoms with Gasteiger partial charge in [0, 0.05) is 4.88 Å². The Balaban J connectivity index is 1.96. The third-order valence-electron chi connectivity index (χ3n) is 4.48. The summed E-state index contributed by atoms with van der Waals surface area (Å²) >= 11 is 14.8. The standard InChI is InChI=1S/C20H14Cl2N2O3S2/c1-10-16(19(26)27-2)17(14-4-3-7-28-14)24-18(25)15(29-20(24)23-10)9-11-5-6-12(21)13(22)8-11/h3-9,17H,1-2H3/b15-9+/t17-/m1/s1. The highest BCUT2D eigenvalue weighted by Gasteiger charge is 2.33. The molecule has 1 aliphatic rings. The molecule has 9 heteroatoms. The largest absolute Gasteiger partial charge is 0.466 e. The maximum absolute atomic E-state index is 13.3. The fraction of sp³-hybridized carbons (Fsp3) is 0.150. The van der Waals surface area contributed by atoms with Crippen LogP contribution in [0.1, 0.15) is 23.4 Å². The van der Waals surface area contributed by atoms with Crippen LogP contribution in [0, 0.1) is 0 Å². The molecule has 2 aromatic heterocycles. The van der Waals surface area contributed by atoms with Crippen LogP contribution in [0.4, 0.5) is 0 Å². The number of aromatic nitrogens is 1. The number of thiazole rings is 1. The van der Waals surface area contributed by atoms with Crippen molar-refractivity contribution in [2.45, 2.75) is 13.0 Å². The predicted molar refractivity (Wildman–Crippen MR) is 117 cm³/mol. The lowest BCUT2D eigenvalue weighted by Crippen LogP contribution is -2.39. The fourth-order valence-corrected chi connectivity index (χ4v) is 5.34. The normalized spacial score (nSPS) is 16.6. The molecular weight excluding hydrogens is 451 g/mol. The number of halogens is 2. The van der Waals surface area contributed by atoms with Crippen LogP contribution >= 0.6 is 45.9 Å². The molecule has 0 bridgehead atoms. The van der Waals surface area contributed by atoms with E-state index in [0.717, 1.165) is 10.4 Å². The van der Waals surface area contributed by atoms with Crippen LogP contribution in [0.15, 0.2) is 56.8 Å². The second-order valence-corrected chi connectivity index (χ2v) is 9.07. The van der Waals surface area contributed by atoms with Crippen LogP contribution in [0.3, 0.4) is 0 Å². The van der Waals surface area contributed by atoms with Crippen molar-refractivity contribution in [3.63, 3.8) is 0 Å². The molecule has 0 N–H and O–H groups in total. The molecule has 0 saturated carbocycles. The van der Waals surface area contributed by atoms with Gasteiger partial charge in [0.15, 0.2) is 4.80 Å². The first kappa shape index (κ1) is 20.1. The van der Waals surface area contributed by atoms with E-state index in [-0.39, 0.29) is 5.56 Å². The minimum absolute atomic E-state index is 0.230. The van der Waals surface area contributed by atoms with E-state index in [9.17, 15) is 9.59 Å². The van der Waals surface area contributed by atoms with Crippen molar-refractivity contribution in [2.75, 3.05) is 7.11 Å². The van der Waals surface area contributed by atoms with E-state index in [2.05, 4.69) is 4.99 Å². The molecule has 1 aliphatic heterocycles. The number of methoxy groups -OCH3 is 1. The van der Waals surface area contributed by atoms with E-state index in [1.165, 1.54) is 29.8 Å². The summed E-state index contributed by atoms with van der Waals surface area (Å²) in [6, 6.07) is 8.37. The Kier molecular flexibility index (Phi) is 5.48. The van der Waals surface area contributed by atoms with Gasteiger partial charge in [-0.05, 0) is 42.1 Å². The number of thiophene rings is 1. The number of allylic oxidation sites excluding steroid dienone is 1. The lowest BCUT2D eigenvalue weighted by molar-refractivity contribution is -0.136. The minimum atomic E-state index is -0.574. The second-order valence-electron chi connectivity index (χ2n) is 6.26. The zero-order valence-electron chi connectivity index (χ0n) is 15.3. The number of fused-ring (bicyclic) bond motifs is 1. The van der Waals surface area contributed by atoms with Crippen LogP contribution < -0.4 is 14.9 Å². The molecule has 0 radical (unpaired) electrons. The van der Waals surface area contributed by atoms with Crippen LogP contribution in [-0.2, 0) is 9.53 Å². The number of carbonyl (C=O) groups excluding carboxylic acids is 1. The van der Waals surface area contributed by atoms with E-state index in [1.807, 2.05) is 17.5 Å². The van der Waals surface area contributed by atoms with Gasteiger partial charge in [0.05, 0.1) is 33.0 Å². The van der Waals surface area contributed by atoms with E-state index in [0.29, 0.717) is 30.6 Å². The van der Waals surface area contributed by atoms with Crippen molar-refractivity contribution in [3.05, 3.63) is 87.2 Å². The Morgan fingerprint density at radius 1 is 1.28 bits per heavy atom. The number of hydrogen-bond acceptors (Lipinski definition) is 6. The van der Waals surface area contributed by atoms with Gasteiger partial charge in [0.2, 0.25) is 0 Å². The molecule has 0 spiro atoms. The molecule has 29 heavy (non-hydrogen) atoms. The van der Waals surface area contributed by atoms with Crippen LogP contribution in [0.5, 0.6) is 0 Å². The molecule has 0 fully saturated rings. The Morgan fingerprint density at radius 2 is 2.07 bits per heavy atom. The number of ether oxygens (including phenoxy) is 1. The molecule has 1 aromatic carbocycles. The molecule has 3 heterocycles. The number of nitrogens with zero attached hydrogens (tertiary/aromatic N) is 2. The zero-order valence-corrected chi connectivity index (χ0v) is 18.5. The molecular formula is C20H14Cl2N2O3S2. The Morgan fingerprint density at radius 3 is 2.72 bits per heavy atom. The lowest BCUT2D eigenvalue weighted by atomic mass is 10.0. The summed E-state index contributed by atoms with van der Waals surface area (Å²) < 4.78 is 7.01. The first-order valence-electron chi connectivity index (χ1n) is 8.50. The van der Waals surface area contributed by atoms with Crippen LogP contribution in [0.25, 0.3) is 6.08 Å². The number of hydrogen-bond donors (Lipinski definition) is 0. The Labute approximate surface area is 183 Å². The molecule has 3 aromatic rings. The molecule has 4 rings (SSSR count). The van der Waals surface area contributed by atoms with Crippen molar-refractivity contribution >= 4 is 57.9 Å². The van der Waals surface area contributed by atoms with E-state index >= 15 is 0 Å². The summed E-state index contributed by atoms with van der Waals surface area (Å²) in [6.07, 6.45) is 1.74. The summed E-state index contributed by atoms with van der Waals surface area (Å²) in [7, 11) is 1.32. The van der Waals surface area contributed by atoms with Gasteiger partial charge in [-0.1, -0.05) is 46.7 Å². The highest BCUT2D eigenvalue weighted by Crippen LogP contribution is 2.33. The van der Waals surface area contributed by atoms with Gasteiger partial charge in [0.1, 0.15) is 6.04 Å². The number of carbonyl (C=O) groups is 1. The second kappa shape index (κ2) is 7.91. The van der Waals surface area contributed by atoms with Gasteiger partial charge in [-0.15, -0.1) is 11.3 Å². The molecule has 5 nitrogen and oxygen atoms in total. The van der Waals surface area contributed by atoms with E-state index in [1.54, 1.807) is 35.8 Å². The van der Waals surface area contributed by atoms with Crippen molar-refractivity contribution in [2.24, 2.45) is 4.99 Å². The first-order valence-corrected chi connectivity index (χ1v) is 10.9. The Bertz CT molecular complexity index is 1320. The summed E-state index contributed by atoms with van der Waals surface area (Å²) in [5.41, 5.74) is 1.43. The van der Waals surface area contributed by atoms with Gasteiger partial charge < -0.3 is 4.74 Å². The number of rotatable bonds is 3. The monoisotopic (exact) mass is 464 g/mol. The first-order chi connectivity index (χ1) is 13.9. The average Bonchev–Trinajstić information content (AvgIpc) is 3.32. The van der Waals surface area contributed by atoms with E-state index in [4.69, 9.17) is 27.9 Å². The SMILES string of the molecule is COC(=O)C1=C(C)N=c2s/c(=C/c3ccc(Cl)c(Cl)c3)c(=O)n2[C@@H]1c1cccs1. The number of benzene rings is 1. The van der Waals surface area contributed by atoms with Crippen LogP contribution in [-0.4, -0.2) is 17.6 Å². The van der Waals surface area contributed by atoms with Crippen LogP contribution in [0.2, 0.25) is 10.0 Å².